The first-order valence-corrected chi connectivity index (χ1v) is 11.5. The zero-order chi connectivity index (χ0) is 21.3. The van der Waals surface area contributed by atoms with Gasteiger partial charge in [0.15, 0.2) is 5.13 Å². The number of carbonyl (C=O) groups excluding carboxylic acids is 1. The van der Waals surface area contributed by atoms with Crippen LogP contribution in [0.2, 0.25) is 0 Å². The van der Waals surface area contributed by atoms with E-state index in [1.807, 2.05) is 24.3 Å². The fourth-order valence-electron chi connectivity index (χ4n) is 3.44. The molecule has 4 rings (SSSR count). The van der Waals surface area contributed by atoms with E-state index in [0.29, 0.717) is 18.0 Å². The standard InChI is InChI=1S/C19H18N4O5S2/c24-18(21-19-20-15-5-1-2-7-17(15)29-19)16-6-3-4-12-22(16)30(27,28)14-10-8-13(9-11-14)23(25)26/h1-2,5,7-11,16H,3-4,6,12H2,(H,20,21,24)/t16-/m0/s1. The Labute approximate surface area is 176 Å². The van der Waals surface area contributed by atoms with Crippen LogP contribution in [-0.4, -0.2) is 41.1 Å². The maximum absolute atomic E-state index is 13.1. The Balaban J connectivity index is 1.58. The molecule has 2 heterocycles. The molecule has 1 aromatic heterocycles. The fourth-order valence-corrected chi connectivity index (χ4v) is 5.97. The number of aromatic nitrogens is 1. The minimum Gasteiger partial charge on any atom is -0.301 e. The summed E-state index contributed by atoms with van der Waals surface area (Å²) in [7, 11) is -3.98. The van der Waals surface area contributed by atoms with E-state index in [4.69, 9.17) is 0 Å². The van der Waals surface area contributed by atoms with Gasteiger partial charge >= 0.3 is 0 Å². The molecule has 1 atom stereocenters. The number of hydrogen-bond donors (Lipinski definition) is 1. The van der Waals surface area contributed by atoms with Crippen LogP contribution in [0.1, 0.15) is 19.3 Å². The molecule has 156 valence electrons. The van der Waals surface area contributed by atoms with E-state index in [1.165, 1.54) is 27.8 Å². The molecule has 0 bridgehead atoms. The van der Waals surface area contributed by atoms with Crippen molar-refractivity contribution >= 4 is 48.3 Å². The number of nitrogens with zero attached hydrogens (tertiary/aromatic N) is 3. The summed E-state index contributed by atoms with van der Waals surface area (Å²) in [6.45, 7) is 0.206. The summed E-state index contributed by atoms with van der Waals surface area (Å²) >= 11 is 1.32. The van der Waals surface area contributed by atoms with E-state index < -0.39 is 26.9 Å². The van der Waals surface area contributed by atoms with Crippen molar-refractivity contribution in [2.24, 2.45) is 0 Å². The number of rotatable bonds is 5. The Morgan fingerprint density at radius 2 is 1.90 bits per heavy atom. The van der Waals surface area contributed by atoms with E-state index in [-0.39, 0.29) is 17.1 Å². The minimum absolute atomic E-state index is 0.0761. The zero-order valence-corrected chi connectivity index (χ0v) is 17.4. The predicted octanol–water partition coefficient (Wildman–Crippen LogP) is 3.39. The van der Waals surface area contributed by atoms with E-state index in [2.05, 4.69) is 10.3 Å². The second kappa shape index (κ2) is 8.09. The first-order chi connectivity index (χ1) is 14.4. The Morgan fingerprint density at radius 3 is 2.60 bits per heavy atom. The molecule has 0 radical (unpaired) electrons. The van der Waals surface area contributed by atoms with Crippen LogP contribution in [0.5, 0.6) is 0 Å². The summed E-state index contributed by atoms with van der Waals surface area (Å²) in [6, 6.07) is 11.3. The summed E-state index contributed by atoms with van der Waals surface area (Å²) < 4.78 is 28.4. The van der Waals surface area contributed by atoms with E-state index >= 15 is 0 Å². The van der Waals surface area contributed by atoms with E-state index in [0.717, 1.165) is 28.8 Å². The van der Waals surface area contributed by atoms with Crippen LogP contribution in [0.3, 0.4) is 0 Å². The van der Waals surface area contributed by atoms with Gasteiger partial charge in [-0.1, -0.05) is 29.9 Å². The second-order valence-corrected chi connectivity index (χ2v) is 9.78. The Kier molecular flexibility index (Phi) is 5.50. The molecule has 3 aromatic rings. The van der Waals surface area contributed by atoms with Crippen LogP contribution < -0.4 is 5.32 Å². The van der Waals surface area contributed by atoms with Crippen molar-refractivity contribution in [3.05, 3.63) is 58.6 Å². The van der Waals surface area contributed by atoms with Crippen molar-refractivity contribution in [2.75, 3.05) is 11.9 Å². The number of non-ortho nitro benzene ring substituents is 1. The maximum Gasteiger partial charge on any atom is 0.269 e. The molecule has 1 N–H and O–H groups in total. The molecule has 0 unspecified atom stereocenters. The maximum atomic E-state index is 13.1. The molecule has 1 aliphatic rings. The van der Waals surface area contributed by atoms with Crippen molar-refractivity contribution in [3.63, 3.8) is 0 Å². The van der Waals surface area contributed by atoms with Crippen LogP contribution in [-0.2, 0) is 14.8 Å². The lowest BCUT2D eigenvalue weighted by Crippen LogP contribution is -2.49. The molecule has 1 aliphatic heterocycles. The van der Waals surface area contributed by atoms with Gasteiger partial charge in [0.1, 0.15) is 6.04 Å². The smallest absolute Gasteiger partial charge is 0.269 e. The van der Waals surface area contributed by atoms with E-state index in [1.54, 1.807) is 0 Å². The van der Waals surface area contributed by atoms with Crippen molar-refractivity contribution in [1.82, 2.24) is 9.29 Å². The highest BCUT2D eigenvalue weighted by molar-refractivity contribution is 7.89. The van der Waals surface area contributed by atoms with Crippen molar-refractivity contribution in [3.8, 4) is 0 Å². The molecule has 1 saturated heterocycles. The number of carbonyl (C=O) groups is 1. The summed E-state index contributed by atoms with van der Waals surface area (Å²) in [6.07, 6.45) is 1.75. The Morgan fingerprint density at radius 1 is 1.17 bits per heavy atom. The number of para-hydroxylation sites is 1. The highest BCUT2D eigenvalue weighted by Gasteiger charge is 2.38. The number of anilines is 1. The van der Waals surface area contributed by atoms with Gasteiger partial charge in [-0.15, -0.1) is 0 Å². The largest absolute Gasteiger partial charge is 0.301 e. The molecular formula is C19H18N4O5S2. The molecule has 30 heavy (non-hydrogen) atoms. The number of sulfonamides is 1. The molecule has 2 aromatic carbocycles. The third-order valence-electron chi connectivity index (χ3n) is 4.93. The quantitative estimate of drug-likeness (QED) is 0.473. The van der Waals surface area contributed by atoms with Gasteiger partial charge in [-0.2, -0.15) is 4.31 Å². The van der Waals surface area contributed by atoms with Gasteiger partial charge in [-0.05, 0) is 37.1 Å². The van der Waals surface area contributed by atoms with E-state index in [9.17, 15) is 23.3 Å². The molecule has 9 nitrogen and oxygen atoms in total. The third kappa shape index (κ3) is 3.91. The average molecular weight is 447 g/mol. The molecule has 0 saturated carbocycles. The number of fused-ring (bicyclic) bond motifs is 1. The average Bonchev–Trinajstić information content (AvgIpc) is 3.16. The van der Waals surface area contributed by atoms with Gasteiger partial charge < -0.3 is 5.32 Å². The van der Waals surface area contributed by atoms with Gasteiger partial charge in [-0.25, -0.2) is 13.4 Å². The second-order valence-electron chi connectivity index (χ2n) is 6.85. The highest BCUT2D eigenvalue weighted by atomic mass is 32.2. The predicted molar refractivity (Wildman–Crippen MR) is 113 cm³/mol. The third-order valence-corrected chi connectivity index (χ3v) is 7.81. The number of nitro groups is 1. The van der Waals surface area contributed by atoms with Gasteiger partial charge in [0.25, 0.3) is 5.69 Å². The lowest BCUT2D eigenvalue weighted by atomic mass is 10.0. The number of amides is 1. The zero-order valence-electron chi connectivity index (χ0n) is 15.7. The van der Waals surface area contributed by atoms with Crippen LogP contribution in [0, 0.1) is 10.1 Å². The number of nitro benzene ring substituents is 1. The SMILES string of the molecule is O=C(Nc1nc2ccccc2s1)[C@@H]1CCCCN1S(=O)(=O)c1ccc([N+](=O)[O-])cc1. The highest BCUT2D eigenvalue weighted by Crippen LogP contribution is 2.29. The first-order valence-electron chi connectivity index (χ1n) is 9.29. The van der Waals surface area contributed by atoms with Gasteiger partial charge in [0.2, 0.25) is 15.9 Å². The lowest BCUT2D eigenvalue weighted by molar-refractivity contribution is -0.384. The van der Waals surface area contributed by atoms with Gasteiger partial charge in [-0.3, -0.25) is 14.9 Å². The normalized spacial score (nSPS) is 17.7. The Hall–Kier alpha value is -2.89. The summed E-state index contributed by atoms with van der Waals surface area (Å²) in [5, 5.41) is 14.0. The summed E-state index contributed by atoms with van der Waals surface area (Å²) in [4.78, 5) is 27.5. The first kappa shape index (κ1) is 20.4. The monoisotopic (exact) mass is 446 g/mol. The van der Waals surface area contributed by atoms with Crippen LogP contribution in [0.4, 0.5) is 10.8 Å². The molecule has 0 spiro atoms. The minimum atomic E-state index is -3.98. The summed E-state index contributed by atoms with van der Waals surface area (Å²) in [5.41, 5.74) is 0.564. The number of hydrogen-bond acceptors (Lipinski definition) is 7. The van der Waals surface area contributed by atoms with Crippen molar-refractivity contribution < 1.29 is 18.1 Å². The van der Waals surface area contributed by atoms with Crippen molar-refractivity contribution in [1.29, 1.82) is 0 Å². The topological polar surface area (TPSA) is 123 Å². The van der Waals surface area contributed by atoms with Gasteiger partial charge in [0.05, 0.1) is 20.0 Å². The van der Waals surface area contributed by atoms with Crippen LogP contribution >= 0.6 is 11.3 Å². The number of thiazole rings is 1. The number of nitrogens with one attached hydrogen (secondary N) is 1. The van der Waals surface area contributed by atoms with Crippen LogP contribution in [0.15, 0.2) is 53.4 Å². The molecule has 1 amide bonds. The molecule has 1 fully saturated rings. The lowest BCUT2D eigenvalue weighted by Gasteiger charge is -2.33. The summed E-state index contributed by atoms with van der Waals surface area (Å²) in [5.74, 6) is -0.431. The number of piperidine rings is 1. The fraction of sp³-hybridized carbons (Fsp3) is 0.263. The molecule has 11 heteroatoms. The molecular weight excluding hydrogens is 428 g/mol. The van der Waals surface area contributed by atoms with Crippen molar-refractivity contribution in [2.45, 2.75) is 30.2 Å². The van der Waals surface area contributed by atoms with Crippen LogP contribution in [0.25, 0.3) is 10.2 Å². The number of benzene rings is 2. The molecule has 0 aliphatic carbocycles. The Bertz CT molecular complexity index is 1170. The van der Waals surface area contributed by atoms with Gasteiger partial charge in [0, 0.05) is 18.7 Å².